The Morgan fingerprint density at radius 2 is 2.32 bits per heavy atom. The van der Waals surface area contributed by atoms with Gasteiger partial charge in [0.05, 0.1) is 19.1 Å². The van der Waals surface area contributed by atoms with E-state index in [-0.39, 0.29) is 17.5 Å². The first kappa shape index (κ1) is 14.8. The molecule has 22 heavy (non-hydrogen) atoms. The number of rotatable bonds is 3. The van der Waals surface area contributed by atoms with Gasteiger partial charge in [0, 0.05) is 6.92 Å². The summed E-state index contributed by atoms with van der Waals surface area (Å²) in [5, 5.41) is 21.2. The molecule has 3 rings (SSSR count). The number of aliphatic hydroxyl groups excluding tert-OH is 2. The van der Waals surface area contributed by atoms with Crippen LogP contribution in [0.15, 0.2) is 12.5 Å². The zero-order valence-electron chi connectivity index (χ0n) is 11.5. The molecule has 0 spiro atoms. The van der Waals surface area contributed by atoms with E-state index in [0.29, 0.717) is 5.52 Å². The summed E-state index contributed by atoms with van der Waals surface area (Å²) in [5.74, 6) is -0.295. The average Bonchev–Trinajstić information content (AvgIpc) is 3.01. The van der Waals surface area contributed by atoms with Crippen molar-refractivity contribution < 1.29 is 24.1 Å². The molecular weight excluding hydrogens is 297 g/mol. The van der Waals surface area contributed by atoms with E-state index in [2.05, 4.69) is 20.3 Å². The van der Waals surface area contributed by atoms with Crippen LogP contribution in [-0.2, 0) is 9.53 Å². The number of anilines is 1. The maximum atomic E-state index is 14.2. The minimum atomic E-state index is -1.74. The molecule has 1 saturated heterocycles. The lowest BCUT2D eigenvalue weighted by molar-refractivity contribution is -0.114. The van der Waals surface area contributed by atoms with Gasteiger partial charge in [-0.2, -0.15) is 4.98 Å². The fourth-order valence-corrected chi connectivity index (χ4v) is 2.31. The molecule has 1 fully saturated rings. The summed E-state index contributed by atoms with van der Waals surface area (Å²) in [4.78, 5) is 23.1. The van der Waals surface area contributed by atoms with Gasteiger partial charge >= 0.3 is 0 Å². The molecule has 9 nitrogen and oxygen atoms in total. The lowest BCUT2D eigenvalue weighted by Crippen LogP contribution is -2.30. The highest BCUT2D eigenvalue weighted by Crippen LogP contribution is 2.33. The summed E-state index contributed by atoms with van der Waals surface area (Å²) < 4.78 is 20.8. The van der Waals surface area contributed by atoms with Crippen molar-refractivity contribution in [1.82, 2.24) is 19.5 Å². The van der Waals surface area contributed by atoms with E-state index in [1.165, 1.54) is 24.0 Å². The Morgan fingerprint density at radius 1 is 1.55 bits per heavy atom. The maximum absolute atomic E-state index is 14.2. The highest BCUT2D eigenvalue weighted by atomic mass is 19.1. The SMILES string of the molecule is CC(=O)Nc1ncc2ncn([C@@H]3O[C@H](CO)[C@@H](O)[C@@H]3F)c2n1. The third-order valence-corrected chi connectivity index (χ3v) is 3.35. The highest BCUT2D eigenvalue weighted by Gasteiger charge is 2.45. The van der Waals surface area contributed by atoms with E-state index in [1.54, 1.807) is 0 Å². The van der Waals surface area contributed by atoms with E-state index < -0.39 is 31.2 Å². The van der Waals surface area contributed by atoms with Gasteiger partial charge in [0.25, 0.3) is 0 Å². The Kier molecular flexibility index (Phi) is 3.72. The zero-order chi connectivity index (χ0) is 15.9. The molecule has 2 aromatic heterocycles. The first-order valence-corrected chi connectivity index (χ1v) is 6.57. The van der Waals surface area contributed by atoms with E-state index >= 15 is 0 Å². The second-order valence-electron chi connectivity index (χ2n) is 4.92. The van der Waals surface area contributed by atoms with Crippen LogP contribution in [0.25, 0.3) is 11.2 Å². The molecule has 1 aliphatic heterocycles. The molecule has 4 atom stereocenters. The van der Waals surface area contributed by atoms with Crippen LogP contribution < -0.4 is 5.32 Å². The van der Waals surface area contributed by atoms with Crippen molar-refractivity contribution >= 4 is 23.0 Å². The van der Waals surface area contributed by atoms with E-state index in [1.807, 2.05) is 0 Å². The maximum Gasteiger partial charge on any atom is 0.231 e. The molecule has 1 amide bonds. The summed E-state index contributed by atoms with van der Waals surface area (Å²) in [5.41, 5.74) is 0.629. The number of alkyl halides is 1. The fourth-order valence-electron chi connectivity index (χ4n) is 2.31. The molecule has 3 heterocycles. The molecule has 1 aliphatic rings. The van der Waals surface area contributed by atoms with Crippen molar-refractivity contribution in [3.05, 3.63) is 12.5 Å². The van der Waals surface area contributed by atoms with Crippen LogP contribution in [0.2, 0.25) is 0 Å². The summed E-state index contributed by atoms with van der Waals surface area (Å²) in [6.07, 6.45) is -2.68. The lowest BCUT2D eigenvalue weighted by Gasteiger charge is -2.15. The average molecular weight is 311 g/mol. The van der Waals surface area contributed by atoms with Crippen LogP contribution in [0.1, 0.15) is 13.2 Å². The van der Waals surface area contributed by atoms with E-state index in [4.69, 9.17) is 9.84 Å². The number of hydrogen-bond donors (Lipinski definition) is 3. The standard InChI is InChI=1S/C12H14FN5O4/c1-5(20)16-12-14-2-6-10(17-12)18(4-15-6)11-8(13)9(21)7(3-19)22-11/h2,4,7-9,11,19,21H,3H2,1H3,(H,14,16,17,20)/t7-,8+,9-,11-/m1/s1. The molecule has 118 valence electrons. The van der Waals surface area contributed by atoms with E-state index in [0.717, 1.165) is 0 Å². The number of fused-ring (bicyclic) bond motifs is 1. The molecular formula is C12H14FN5O4. The van der Waals surface area contributed by atoms with Crippen LogP contribution in [0, 0.1) is 0 Å². The lowest BCUT2D eigenvalue weighted by atomic mass is 10.1. The van der Waals surface area contributed by atoms with Gasteiger partial charge in [-0.15, -0.1) is 0 Å². The van der Waals surface area contributed by atoms with Crippen LogP contribution >= 0.6 is 0 Å². The van der Waals surface area contributed by atoms with Crippen LogP contribution in [0.5, 0.6) is 0 Å². The van der Waals surface area contributed by atoms with Gasteiger partial charge in [0.2, 0.25) is 11.9 Å². The largest absolute Gasteiger partial charge is 0.394 e. The second-order valence-corrected chi connectivity index (χ2v) is 4.92. The zero-order valence-corrected chi connectivity index (χ0v) is 11.5. The number of hydrogen-bond acceptors (Lipinski definition) is 7. The number of ether oxygens (including phenoxy) is 1. The summed E-state index contributed by atoms with van der Waals surface area (Å²) in [6, 6.07) is 0. The molecule has 3 N–H and O–H groups in total. The molecule has 0 unspecified atom stereocenters. The van der Waals surface area contributed by atoms with Crippen LogP contribution in [0.3, 0.4) is 0 Å². The van der Waals surface area contributed by atoms with Gasteiger partial charge < -0.3 is 14.9 Å². The third kappa shape index (κ3) is 2.40. The molecule has 0 radical (unpaired) electrons. The van der Waals surface area contributed by atoms with Gasteiger partial charge in [-0.3, -0.25) is 14.7 Å². The van der Waals surface area contributed by atoms with Crippen molar-refractivity contribution in [3.63, 3.8) is 0 Å². The van der Waals surface area contributed by atoms with Crippen molar-refractivity contribution in [2.45, 2.75) is 31.5 Å². The second kappa shape index (κ2) is 5.55. The molecule has 0 aromatic carbocycles. The topological polar surface area (TPSA) is 122 Å². The van der Waals surface area contributed by atoms with Crippen LogP contribution in [-0.4, -0.2) is 60.6 Å². The number of nitrogens with one attached hydrogen (secondary N) is 1. The Hall–Kier alpha value is -2.17. The Labute approximate surface area is 123 Å². The van der Waals surface area contributed by atoms with Crippen LogP contribution in [0.4, 0.5) is 10.3 Å². The van der Waals surface area contributed by atoms with Crippen molar-refractivity contribution in [2.75, 3.05) is 11.9 Å². The molecule has 0 aliphatic carbocycles. The number of aromatic nitrogens is 4. The molecule has 10 heteroatoms. The quantitative estimate of drug-likeness (QED) is 0.690. The van der Waals surface area contributed by atoms with Gasteiger partial charge in [-0.1, -0.05) is 0 Å². The number of nitrogens with zero attached hydrogens (tertiary/aromatic N) is 4. The number of amides is 1. The number of carbonyl (C=O) groups is 1. The Bertz CT molecular complexity index is 708. The summed E-state index contributed by atoms with van der Waals surface area (Å²) in [6.45, 7) is 0.807. The summed E-state index contributed by atoms with van der Waals surface area (Å²) in [7, 11) is 0. The fraction of sp³-hybridized carbons (Fsp3) is 0.500. The summed E-state index contributed by atoms with van der Waals surface area (Å²) >= 11 is 0. The highest BCUT2D eigenvalue weighted by molar-refractivity contribution is 5.87. The first-order valence-electron chi connectivity index (χ1n) is 6.57. The van der Waals surface area contributed by atoms with Crippen molar-refractivity contribution in [1.29, 1.82) is 0 Å². The van der Waals surface area contributed by atoms with Gasteiger partial charge in [-0.25, -0.2) is 14.4 Å². The van der Waals surface area contributed by atoms with Gasteiger partial charge in [0.15, 0.2) is 18.0 Å². The number of imidazole rings is 1. The first-order chi connectivity index (χ1) is 10.5. The smallest absolute Gasteiger partial charge is 0.231 e. The van der Waals surface area contributed by atoms with Crippen molar-refractivity contribution in [3.8, 4) is 0 Å². The number of aliphatic hydroxyl groups is 2. The predicted octanol–water partition coefficient (Wildman–Crippen LogP) is -0.627. The number of carbonyl (C=O) groups excluding carboxylic acids is 1. The Morgan fingerprint density at radius 3 is 2.95 bits per heavy atom. The monoisotopic (exact) mass is 311 g/mol. The normalized spacial score (nSPS) is 28.2. The Balaban J connectivity index is 1.98. The minimum absolute atomic E-state index is 0.0504. The third-order valence-electron chi connectivity index (χ3n) is 3.35. The van der Waals surface area contributed by atoms with Gasteiger partial charge in [-0.05, 0) is 0 Å². The molecule has 2 aromatic rings. The van der Waals surface area contributed by atoms with E-state index in [9.17, 15) is 14.3 Å². The minimum Gasteiger partial charge on any atom is -0.394 e. The van der Waals surface area contributed by atoms with Gasteiger partial charge in [0.1, 0.15) is 17.7 Å². The van der Waals surface area contributed by atoms with Crippen molar-refractivity contribution in [2.24, 2.45) is 0 Å². The predicted molar refractivity (Wildman–Crippen MR) is 71.5 cm³/mol. The molecule has 0 bridgehead atoms. The number of halogens is 1. The molecule has 0 saturated carbocycles.